The highest BCUT2D eigenvalue weighted by atomic mass is 35.5. The van der Waals surface area contributed by atoms with E-state index < -0.39 is 6.09 Å². The second-order valence-electron chi connectivity index (χ2n) is 6.54. The molecule has 1 fully saturated rings. The summed E-state index contributed by atoms with van der Waals surface area (Å²) in [4.78, 5) is 16.4. The fourth-order valence-corrected chi connectivity index (χ4v) is 3.26. The van der Waals surface area contributed by atoms with E-state index in [9.17, 15) is 4.79 Å². The van der Waals surface area contributed by atoms with Crippen LogP contribution in [0.15, 0.2) is 30.3 Å². The van der Waals surface area contributed by atoms with E-state index in [2.05, 4.69) is 25.3 Å². The molecule has 0 bridgehead atoms. The third kappa shape index (κ3) is 5.41. The lowest BCUT2D eigenvalue weighted by atomic mass is 10.2. The molecule has 1 aromatic carbocycles. The molecule has 29 heavy (non-hydrogen) atoms. The van der Waals surface area contributed by atoms with Crippen LogP contribution in [0.2, 0.25) is 5.15 Å². The van der Waals surface area contributed by atoms with Gasteiger partial charge in [-0.15, -0.1) is 10.2 Å². The van der Waals surface area contributed by atoms with Gasteiger partial charge >= 0.3 is 6.09 Å². The third-order valence-corrected chi connectivity index (χ3v) is 4.72. The Hall–Kier alpha value is -2.74. The first-order chi connectivity index (χ1) is 14.1. The number of aromatic nitrogens is 2. The van der Waals surface area contributed by atoms with Crippen LogP contribution >= 0.6 is 11.6 Å². The second kappa shape index (κ2) is 10.2. The first kappa shape index (κ1) is 21.0. The van der Waals surface area contributed by atoms with E-state index in [1.165, 1.54) is 0 Å². The van der Waals surface area contributed by atoms with Crippen LogP contribution in [0.25, 0.3) is 0 Å². The summed E-state index contributed by atoms with van der Waals surface area (Å²) in [5.41, 5.74) is 1.55. The zero-order chi connectivity index (χ0) is 20.6. The smallest absolute Gasteiger partial charge is 0.411 e. The Labute approximate surface area is 175 Å². The maximum Gasteiger partial charge on any atom is 0.411 e. The minimum Gasteiger partial charge on any atom is -0.490 e. The summed E-state index contributed by atoms with van der Waals surface area (Å²) in [6.07, 6.45) is 0.296. The highest BCUT2D eigenvalue weighted by Gasteiger charge is 2.23. The van der Waals surface area contributed by atoms with Gasteiger partial charge in [0.1, 0.15) is 0 Å². The van der Waals surface area contributed by atoms with Gasteiger partial charge in [0, 0.05) is 26.2 Å². The number of rotatable bonds is 7. The molecule has 1 aromatic heterocycles. The molecule has 1 amide bonds. The van der Waals surface area contributed by atoms with E-state index in [0.29, 0.717) is 29.8 Å². The average Bonchev–Trinajstić information content (AvgIpc) is 2.74. The summed E-state index contributed by atoms with van der Waals surface area (Å²) in [7, 11) is 0. The van der Waals surface area contributed by atoms with E-state index >= 15 is 0 Å². The van der Waals surface area contributed by atoms with Gasteiger partial charge in [-0.1, -0.05) is 24.6 Å². The van der Waals surface area contributed by atoms with Gasteiger partial charge in [0.25, 0.3) is 0 Å². The van der Waals surface area contributed by atoms with Crippen LogP contribution in [0.3, 0.4) is 0 Å². The van der Waals surface area contributed by atoms with Crippen molar-refractivity contribution in [3.8, 4) is 5.75 Å². The number of piperazine rings is 1. The van der Waals surface area contributed by atoms with Crippen molar-refractivity contribution in [2.45, 2.75) is 20.3 Å². The summed E-state index contributed by atoms with van der Waals surface area (Å²) in [5.74, 6) is 1.47. The largest absolute Gasteiger partial charge is 0.490 e. The number of carbonyl (C=O) groups excluding carboxylic acids is 1. The number of carbonyl (C=O) groups is 1. The molecule has 1 aliphatic rings. The van der Waals surface area contributed by atoms with Crippen molar-refractivity contribution in [3.63, 3.8) is 0 Å². The minimum absolute atomic E-state index is 0.380. The van der Waals surface area contributed by atoms with Crippen molar-refractivity contribution in [3.05, 3.63) is 35.5 Å². The number of anilines is 3. The van der Waals surface area contributed by atoms with Crippen molar-refractivity contribution >= 4 is 34.9 Å². The molecule has 3 rings (SSSR count). The van der Waals surface area contributed by atoms with Gasteiger partial charge in [-0.2, -0.15) is 0 Å². The normalized spacial score (nSPS) is 13.9. The summed E-state index contributed by atoms with van der Waals surface area (Å²) in [6, 6.07) is 9.36. The van der Waals surface area contributed by atoms with Gasteiger partial charge in [-0.05, 0) is 37.6 Å². The summed E-state index contributed by atoms with van der Waals surface area (Å²) in [5, 5.41) is 11.3. The van der Waals surface area contributed by atoms with E-state index in [1.54, 1.807) is 6.07 Å². The fourth-order valence-electron chi connectivity index (χ4n) is 3.16. The van der Waals surface area contributed by atoms with Crippen molar-refractivity contribution in [1.82, 2.24) is 10.2 Å². The predicted octanol–water partition coefficient (Wildman–Crippen LogP) is 3.81. The summed E-state index contributed by atoms with van der Waals surface area (Å²) >= 11 is 5.83. The number of benzene rings is 1. The molecule has 2 heterocycles. The first-order valence-corrected chi connectivity index (χ1v) is 10.2. The Morgan fingerprint density at radius 3 is 2.52 bits per heavy atom. The van der Waals surface area contributed by atoms with Crippen LogP contribution in [0.5, 0.6) is 5.75 Å². The molecular weight excluding hydrogens is 394 g/mol. The first-order valence-electron chi connectivity index (χ1n) is 9.81. The van der Waals surface area contributed by atoms with Gasteiger partial charge in [0.15, 0.2) is 16.7 Å². The number of hydrogen-bond acceptors (Lipinski definition) is 7. The zero-order valence-electron chi connectivity index (χ0n) is 16.7. The molecule has 8 nitrogen and oxygen atoms in total. The molecule has 0 atom stereocenters. The van der Waals surface area contributed by atoms with Crippen molar-refractivity contribution in [2.75, 3.05) is 54.5 Å². The molecule has 1 N–H and O–H groups in total. The van der Waals surface area contributed by atoms with Gasteiger partial charge in [-0.3, -0.25) is 5.32 Å². The summed E-state index contributed by atoms with van der Waals surface area (Å²) in [6.45, 7) is 7.90. The number of para-hydroxylation sites is 1. The van der Waals surface area contributed by atoms with Gasteiger partial charge < -0.3 is 19.3 Å². The van der Waals surface area contributed by atoms with E-state index in [1.807, 2.05) is 38.1 Å². The van der Waals surface area contributed by atoms with Crippen molar-refractivity contribution < 1.29 is 14.3 Å². The summed E-state index contributed by atoms with van der Waals surface area (Å²) < 4.78 is 11.0. The number of amides is 1. The van der Waals surface area contributed by atoms with Crippen LogP contribution in [-0.4, -0.2) is 55.7 Å². The van der Waals surface area contributed by atoms with Gasteiger partial charge in [0.2, 0.25) is 0 Å². The molecule has 0 spiro atoms. The second-order valence-corrected chi connectivity index (χ2v) is 6.92. The molecule has 1 aliphatic heterocycles. The Morgan fingerprint density at radius 2 is 1.86 bits per heavy atom. The number of nitrogens with one attached hydrogen (secondary N) is 1. The molecule has 0 unspecified atom stereocenters. The lowest BCUT2D eigenvalue weighted by Gasteiger charge is -2.37. The monoisotopic (exact) mass is 419 g/mol. The highest BCUT2D eigenvalue weighted by molar-refractivity contribution is 6.29. The molecule has 1 saturated heterocycles. The SMILES string of the molecule is CCCOC(=O)Nc1cccc(N2CCN(c3ccc(Cl)nn3)CC2)c1OCC. The maximum atomic E-state index is 12.0. The Kier molecular flexibility index (Phi) is 7.35. The molecule has 2 aromatic rings. The third-order valence-electron chi connectivity index (χ3n) is 4.52. The standard InChI is InChI=1S/C20H26ClN5O3/c1-3-14-29-20(27)22-15-6-5-7-16(19(15)28-4-2)25-10-12-26(13-11-25)18-9-8-17(21)23-24-18/h5-9H,3-4,10-14H2,1-2H3,(H,22,27). The maximum absolute atomic E-state index is 12.0. The van der Waals surface area contributed by atoms with Crippen molar-refractivity contribution in [2.24, 2.45) is 0 Å². The highest BCUT2D eigenvalue weighted by Crippen LogP contribution is 2.37. The molecule has 9 heteroatoms. The average molecular weight is 420 g/mol. The Bertz CT molecular complexity index is 810. The van der Waals surface area contributed by atoms with Crippen LogP contribution in [0, 0.1) is 0 Å². The van der Waals surface area contributed by atoms with Gasteiger partial charge in [-0.25, -0.2) is 4.79 Å². The molecular formula is C20H26ClN5O3. The number of halogens is 1. The predicted molar refractivity (Wildman–Crippen MR) is 114 cm³/mol. The van der Waals surface area contributed by atoms with Crippen LogP contribution in [0.4, 0.5) is 22.0 Å². The Morgan fingerprint density at radius 1 is 1.10 bits per heavy atom. The van der Waals surface area contributed by atoms with E-state index in [4.69, 9.17) is 21.1 Å². The number of hydrogen-bond donors (Lipinski definition) is 1. The fraction of sp³-hybridized carbons (Fsp3) is 0.450. The molecule has 0 aliphatic carbocycles. The molecule has 0 radical (unpaired) electrons. The number of ether oxygens (including phenoxy) is 2. The van der Waals surface area contributed by atoms with E-state index in [-0.39, 0.29) is 0 Å². The quantitative estimate of drug-likeness (QED) is 0.730. The topological polar surface area (TPSA) is 79.8 Å². The van der Waals surface area contributed by atoms with Crippen LogP contribution < -0.4 is 19.9 Å². The molecule has 156 valence electrons. The lowest BCUT2D eigenvalue weighted by Crippen LogP contribution is -2.47. The lowest BCUT2D eigenvalue weighted by molar-refractivity contribution is 0.161. The van der Waals surface area contributed by atoms with Crippen LogP contribution in [-0.2, 0) is 4.74 Å². The van der Waals surface area contributed by atoms with Crippen molar-refractivity contribution in [1.29, 1.82) is 0 Å². The van der Waals surface area contributed by atoms with E-state index in [0.717, 1.165) is 44.1 Å². The number of nitrogens with zero attached hydrogens (tertiary/aromatic N) is 4. The Balaban J connectivity index is 1.72. The molecule has 0 saturated carbocycles. The van der Waals surface area contributed by atoms with Gasteiger partial charge in [0.05, 0.1) is 24.6 Å². The minimum atomic E-state index is -0.476. The van der Waals surface area contributed by atoms with Crippen LogP contribution in [0.1, 0.15) is 20.3 Å². The zero-order valence-corrected chi connectivity index (χ0v) is 17.5.